The van der Waals surface area contributed by atoms with Gasteiger partial charge in [-0.3, -0.25) is 4.79 Å². The Labute approximate surface area is 155 Å². The zero-order chi connectivity index (χ0) is 18.4. The molecule has 0 bridgehead atoms. The average molecular weight is 385 g/mol. The monoisotopic (exact) mass is 384 g/mol. The molecule has 1 aromatic rings. The van der Waals surface area contributed by atoms with Crippen molar-refractivity contribution in [1.29, 1.82) is 0 Å². The molecule has 146 valence electrons. The van der Waals surface area contributed by atoms with Gasteiger partial charge < -0.3 is 14.6 Å². The maximum Gasteiger partial charge on any atom is 0.262 e. The van der Waals surface area contributed by atoms with Crippen LogP contribution in [0.4, 0.5) is 0 Å². The lowest BCUT2D eigenvalue weighted by molar-refractivity contribution is -0.122. The second-order valence-electron chi connectivity index (χ2n) is 7.01. The van der Waals surface area contributed by atoms with Crippen molar-refractivity contribution in [2.24, 2.45) is 0 Å². The first-order valence-electron chi connectivity index (χ1n) is 9.45. The van der Waals surface area contributed by atoms with E-state index in [4.69, 9.17) is 4.74 Å². The number of rotatable bonds is 5. The van der Waals surface area contributed by atoms with Crippen LogP contribution in [0.3, 0.4) is 0 Å². The summed E-state index contributed by atoms with van der Waals surface area (Å²) in [5, 5.41) is 3.07. The first-order chi connectivity index (χ1) is 12.6. The maximum atomic E-state index is 12.6. The van der Waals surface area contributed by atoms with Gasteiger partial charge in [-0.1, -0.05) is 32.1 Å². The van der Waals surface area contributed by atoms with E-state index in [0.717, 1.165) is 25.7 Å². The third-order valence-corrected chi connectivity index (χ3v) is 6.76. The second kappa shape index (κ2) is 8.96. The Kier molecular flexibility index (Phi) is 6.66. The molecule has 0 aromatic carbocycles. The van der Waals surface area contributed by atoms with Gasteiger partial charge in [-0.2, -0.15) is 4.31 Å². The summed E-state index contributed by atoms with van der Waals surface area (Å²) >= 11 is 0. The molecule has 0 atom stereocenters. The third kappa shape index (κ3) is 5.05. The number of carbonyl (C=O) groups excluding carboxylic acids is 1. The lowest BCUT2D eigenvalue weighted by Crippen LogP contribution is -2.40. The van der Waals surface area contributed by atoms with Gasteiger partial charge in [0.05, 0.1) is 19.5 Å². The van der Waals surface area contributed by atoms with Gasteiger partial charge in [-0.05, 0) is 12.8 Å². The molecule has 1 amide bonds. The van der Waals surface area contributed by atoms with Crippen LogP contribution in [0.2, 0.25) is 0 Å². The Hall–Kier alpha value is -1.45. The smallest absolute Gasteiger partial charge is 0.262 e. The molecule has 1 aliphatic heterocycles. The van der Waals surface area contributed by atoms with E-state index < -0.39 is 10.0 Å². The summed E-state index contributed by atoms with van der Waals surface area (Å²) in [6, 6.07) is 0.225. The number of morpholine rings is 1. The number of nitrogens with one attached hydrogen (secondary N) is 1. The standard InChI is InChI=1S/C17H28N4O4S/c22-16(19-15-6-4-2-1-3-5-7-15)12-20-13-17(18-14-20)26(23,24)21-8-10-25-11-9-21/h13-15H,1-12H2,(H,19,22). The van der Waals surface area contributed by atoms with Gasteiger partial charge in [0.2, 0.25) is 5.91 Å². The fourth-order valence-corrected chi connectivity index (χ4v) is 4.86. The predicted octanol–water partition coefficient (Wildman–Crippen LogP) is 1.13. The molecule has 1 saturated carbocycles. The van der Waals surface area contributed by atoms with Gasteiger partial charge >= 0.3 is 0 Å². The van der Waals surface area contributed by atoms with Gasteiger partial charge in [0, 0.05) is 25.3 Å². The van der Waals surface area contributed by atoms with Gasteiger partial charge in [0.25, 0.3) is 10.0 Å². The molecule has 2 aliphatic rings. The van der Waals surface area contributed by atoms with E-state index in [1.807, 2.05) is 0 Å². The van der Waals surface area contributed by atoms with Crippen LogP contribution in [-0.2, 0) is 26.1 Å². The Balaban J connectivity index is 1.56. The van der Waals surface area contributed by atoms with Crippen molar-refractivity contribution in [2.75, 3.05) is 26.3 Å². The molecular formula is C17H28N4O4S. The summed E-state index contributed by atoms with van der Waals surface area (Å²) in [5.41, 5.74) is 0. The summed E-state index contributed by atoms with van der Waals surface area (Å²) < 4.78 is 33.2. The fraction of sp³-hybridized carbons (Fsp3) is 0.765. The molecule has 0 radical (unpaired) electrons. The molecule has 1 saturated heterocycles. The fourth-order valence-electron chi connectivity index (χ4n) is 3.52. The number of hydrogen-bond acceptors (Lipinski definition) is 5. The summed E-state index contributed by atoms with van der Waals surface area (Å²) in [6.45, 7) is 1.53. The molecular weight excluding hydrogens is 356 g/mol. The number of hydrogen-bond donors (Lipinski definition) is 1. The van der Waals surface area contributed by atoms with Crippen LogP contribution in [0.15, 0.2) is 17.6 Å². The number of ether oxygens (including phenoxy) is 1. The van der Waals surface area contributed by atoms with Crippen LogP contribution in [0.25, 0.3) is 0 Å². The highest BCUT2D eigenvalue weighted by Gasteiger charge is 2.28. The lowest BCUT2D eigenvalue weighted by atomic mass is 9.97. The molecule has 0 spiro atoms. The van der Waals surface area contributed by atoms with Gasteiger partial charge in [-0.25, -0.2) is 13.4 Å². The molecule has 26 heavy (non-hydrogen) atoms. The van der Waals surface area contributed by atoms with Crippen LogP contribution < -0.4 is 5.32 Å². The Morgan fingerprint density at radius 1 is 1.15 bits per heavy atom. The molecule has 8 nitrogen and oxygen atoms in total. The molecule has 1 aliphatic carbocycles. The first kappa shape index (κ1) is 19.3. The van der Waals surface area contributed by atoms with E-state index in [-0.39, 0.29) is 23.5 Å². The molecule has 9 heteroatoms. The SMILES string of the molecule is O=C(Cn1cnc(S(=O)(=O)N2CCOCC2)c1)NC1CCCCCCC1. The highest BCUT2D eigenvalue weighted by atomic mass is 32.2. The molecule has 1 aromatic heterocycles. The van der Waals surface area contributed by atoms with E-state index >= 15 is 0 Å². The lowest BCUT2D eigenvalue weighted by Gasteiger charge is -2.24. The highest BCUT2D eigenvalue weighted by molar-refractivity contribution is 7.89. The summed E-state index contributed by atoms with van der Waals surface area (Å²) in [6.07, 6.45) is 10.9. The molecule has 2 fully saturated rings. The number of sulfonamides is 1. The summed E-state index contributed by atoms with van der Waals surface area (Å²) in [7, 11) is -3.62. The quantitative estimate of drug-likeness (QED) is 0.821. The van der Waals surface area contributed by atoms with E-state index in [1.54, 1.807) is 0 Å². The third-order valence-electron chi connectivity index (χ3n) is 4.98. The van der Waals surface area contributed by atoms with Crippen molar-refractivity contribution in [3.05, 3.63) is 12.5 Å². The number of carbonyl (C=O) groups is 1. The van der Waals surface area contributed by atoms with Crippen molar-refractivity contribution in [1.82, 2.24) is 19.2 Å². The van der Waals surface area contributed by atoms with Crippen LogP contribution in [0.1, 0.15) is 44.9 Å². The zero-order valence-corrected chi connectivity index (χ0v) is 15.9. The molecule has 2 heterocycles. The average Bonchev–Trinajstić information content (AvgIpc) is 3.07. The molecule has 3 rings (SSSR count). The van der Waals surface area contributed by atoms with E-state index in [2.05, 4.69) is 10.3 Å². The Morgan fingerprint density at radius 3 is 2.50 bits per heavy atom. The van der Waals surface area contributed by atoms with Crippen molar-refractivity contribution < 1.29 is 17.9 Å². The van der Waals surface area contributed by atoms with E-state index in [0.29, 0.717) is 26.3 Å². The topological polar surface area (TPSA) is 93.5 Å². The second-order valence-corrected chi connectivity index (χ2v) is 8.90. The van der Waals surface area contributed by atoms with Crippen LogP contribution in [0, 0.1) is 0 Å². The van der Waals surface area contributed by atoms with E-state index in [1.165, 1.54) is 40.7 Å². The van der Waals surface area contributed by atoms with Gasteiger partial charge in [0.15, 0.2) is 5.03 Å². The van der Waals surface area contributed by atoms with Crippen LogP contribution in [-0.4, -0.2) is 60.5 Å². The number of amides is 1. The van der Waals surface area contributed by atoms with E-state index in [9.17, 15) is 13.2 Å². The van der Waals surface area contributed by atoms with Crippen molar-refractivity contribution in [3.8, 4) is 0 Å². The molecule has 0 unspecified atom stereocenters. The maximum absolute atomic E-state index is 12.6. The van der Waals surface area contributed by atoms with Gasteiger partial charge in [0.1, 0.15) is 6.54 Å². The predicted molar refractivity (Wildman–Crippen MR) is 96.1 cm³/mol. The molecule has 1 N–H and O–H groups in total. The van der Waals surface area contributed by atoms with Crippen molar-refractivity contribution >= 4 is 15.9 Å². The zero-order valence-electron chi connectivity index (χ0n) is 15.1. The van der Waals surface area contributed by atoms with Crippen molar-refractivity contribution in [2.45, 2.75) is 62.6 Å². The normalized spacial score (nSPS) is 21.1. The minimum atomic E-state index is -3.62. The number of aromatic nitrogens is 2. The Morgan fingerprint density at radius 2 is 1.81 bits per heavy atom. The van der Waals surface area contributed by atoms with Crippen LogP contribution >= 0.6 is 0 Å². The van der Waals surface area contributed by atoms with Gasteiger partial charge in [-0.15, -0.1) is 0 Å². The van der Waals surface area contributed by atoms with Crippen LogP contribution in [0.5, 0.6) is 0 Å². The summed E-state index contributed by atoms with van der Waals surface area (Å²) in [5.74, 6) is -0.0942. The minimum absolute atomic E-state index is 0.0156. The Bertz CT molecular complexity index is 689. The number of imidazole rings is 1. The number of nitrogens with zero attached hydrogens (tertiary/aromatic N) is 3. The minimum Gasteiger partial charge on any atom is -0.379 e. The van der Waals surface area contributed by atoms with Crippen molar-refractivity contribution in [3.63, 3.8) is 0 Å². The highest BCUT2D eigenvalue weighted by Crippen LogP contribution is 2.17. The first-order valence-corrected chi connectivity index (χ1v) is 10.9. The summed E-state index contributed by atoms with van der Waals surface area (Å²) in [4.78, 5) is 16.3. The largest absolute Gasteiger partial charge is 0.379 e.